The third-order valence-electron chi connectivity index (χ3n) is 9.77. The summed E-state index contributed by atoms with van der Waals surface area (Å²) in [5.74, 6) is 0.335. The highest BCUT2D eigenvalue weighted by atomic mass is 15.2. The zero-order chi connectivity index (χ0) is 31.2. The number of hydrogen-bond donors (Lipinski definition) is 0. The van der Waals surface area contributed by atoms with Gasteiger partial charge in [-0.05, 0) is 74.9 Å². The number of anilines is 2. The molecule has 1 aliphatic carbocycles. The van der Waals surface area contributed by atoms with E-state index in [4.69, 9.17) is 0 Å². The van der Waals surface area contributed by atoms with Crippen molar-refractivity contribution in [1.29, 1.82) is 0 Å². The Hall–Kier alpha value is -4.04. The van der Waals surface area contributed by atoms with Gasteiger partial charge in [0.05, 0.1) is 17.1 Å². The fraction of sp³-hybridized carbons (Fsp3) is 0.333. The number of aromatic nitrogens is 1. The predicted octanol–water partition coefficient (Wildman–Crippen LogP) is 11.5. The molecule has 7 rings (SSSR count). The van der Waals surface area contributed by atoms with Crippen molar-refractivity contribution in [3.8, 4) is 5.69 Å². The summed E-state index contributed by atoms with van der Waals surface area (Å²) < 4.78 is 2.51. The quantitative estimate of drug-likeness (QED) is 0.202. The van der Waals surface area contributed by atoms with Crippen LogP contribution in [0.2, 0.25) is 0 Å². The Kier molecular flexibility index (Phi) is 6.35. The second-order valence-electron chi connectivity index (χ2n) is 16.0. The Labute approximate surface area is 263 Å². The normalized spacial score (nSPS) is 18.6. The molecule has 4 aromatic carbocycles. The molecule has 224 valence electrons. The minimum absolute atomic E-state index is 0.0163. The van der Waals surface area contributed by atoms with Gasteiger partial charge in [0, 0.05) is 33.8 Å². The molecule has 2 nitrogen and oxygen atoms in total. The first-order valence-electron chi connectivity index (χ1n) is 16.2. The van der Waals surface area contributed by atoms with Crippen LogP contribution in [0.1, 0.15) is 84.9 Å². The van der Waals surface area contributed by atoms with Gasteiger partial charge in [-0.2, -0.15) is 0 Å². The first-order chi connectivity index (χ1) is 20.7. The van der Waals surface area contributed by atoms with Crippen molar-refractivity contribution in [1.82, 2.24) is 4.57 Å². The van der Waals surface area contributed by atoms with E-state index in [1.54, 1.807) is 0 Å². The summed E-state index contributed by atoms with van der Waals surface area (Å²) >= 11 is 0. The van der Waals surface area contributed by atoms with Crippen molar-refractivity contribution in [3.05, 3.63) is 125 Å². The van der Waals surface area contributed by atoms with E-state index in [0.29, 0.717) is 5.92 Å². The maximum Gasteiger partial charge on any atom is 0.0632 e. The molecule has 2 heteroatoms. The van der Waals surface area contributed by atoms with Gasteiger partial charge < -0.3 is 9.47 Å². The number of hydrogen-bond acceptors (Lipinski definition) is 1. The summed E-state index contributed by atoms with van der Waals surface area (Å²) in [5.41, 5.74) is 12.0. The zero-order valence-electron chi connectivity index (χ0n) is 27.9. The van der Waals surface area contributed by atoms with Gasteiger partial charge in [-0.3, -0.25) is 0 Å². The maximum absolute atomic E-state index is 2.61. The van der Waals surface area contributed by atoms with Gasteiger partial charge in [0.25, 0.3) is 0 Å². The van der Waals surface area contributed by atoms with Crippen molar-refractivity contribution in [2.75, 3.05) is 4.90 Å². The Morgan fingerprint density at radius 3 is 1.95 bits per heavy atom. The molecule has 44 heavy (non-hydrogen) atoms. The summed E-state index contributed by atoms with van der Waals surface area (Å²) in [6.45, 7) is 20.9. The molecule has 0 saturated carbocycles. The summed E-state index contributed by atoms with van der Waals surface area (Å²) in [7, 11) is 0. The minimum Gasteiger partial charge on any atom is -0.333 e. The minimum atomic E-state index is -0.0163. The van der Waals surface area contributed by atoms with Crippen LogP contribution in [-0.4, -0.2) is 10.6 Å². The van der Waals surface area contributed by atoms with Gasteiger partial charge >= 0.3 is 0 Å². The molecule has 0 fully saturated rings. The third kappa shape index (κ3) is 4.62. The van der Waals surface area contributed by atoms with Gasteiger partial charge in [-0.25, -0.2) is 0 Å². The molecule has 2 atom stereocenters. The monoisotopic (exact) mass is 578 g/mol. The van der Waals surface area contributed by atoms with E-state index in [0.717, 1.165) is 0 Å². The van der Waals surface area contributed by atoms with Crippen LogP contribution in [-0.2, 0) is 10.8 Å². The van der Waals surface area contributed by atoms with E-state index >= 15 is 0 Å². The lowest BCUT2D eigenvalue weighted by Crippen LogP contribution is -2.31. The number of benzene rings is 4. The average Bonchev–Trinajstić information content (AvgIpc) is 3.48. The summed E-state index contributed by atoms with van der Waals surface area (Å²) in [4.78, 5) is 2.61. The molecule has 1 aromatic heterocycles. The molecule has 0 saturated heterocycles. The first kappa shape index (κ1) is 28.7. The van der Waals surface area contributed by atoms with Crippen LogP contribution in [0.3, 0.4) is 0 Å². The lowest BCUT2D eigenvalue weighted by molar-refractivity contribution is 0.506. The van der Waals surface area contributed by atoms with Crippen LogP contribution in [0.15, 0.2) is 109 Å². The number of fused-ring (bicyclic) bond motifs is 6. The van der Waals surface area contributed by atoms with E-state index in [1.807, 2.05) is 0 Å². The van der Waals surface area contributed by atoms with Gasteiger partial charge in [0.15, 0.2) is 0 Å². The van der Waals surface area contributed by atoms with Crippen molar-refractivity contribution in [3.63, 3.8) is 0 Å². The second kappa shape index (κ2) is 9.73. The van der Waals surface area contributed by atoms with E-state index in [1.165, 1.54) is 61.1 Å². The third-order valence-corrected chi connectivity index (χ3v) is 9.77. The Morgan fingerprint density at radius 1 is 0.568 bits per heavy atom. The molecule has 0 N–H and O–H groups in total. The molecule has 2 unspecified atom stereocenters. The SMILES string of the molecule is CC(C)(C)C1=CC2C(C=C1)c1ccccc1N2c1cc(-n2c3ccccc3c3ccc(C(C)(C)C)cc32)cc(C(C)(C)C)c1. The average molecular weight is 579 g/mol. The van der Waals surface area contributed by atoms with Crippen molar-refractivity contribution < 1.29 is 0 Å². The lowest BCUT2D eigenvalue weighted by Gasteiger charge is -2.34. The summed E-state index contributed by atoms with van der Waals surface area (Å²) in [6, 6.07) is 32.5. The van der Waals surface area contributed by atoms with Crippen LogP contribution < -0.4 is 4.90 Å². The molecular weight excluding hydrogens is 532 g/mol. The van der Waals surface area contributed by atoms with Gasteiger partial charge in [0.2, 0.25) is 0 Å². The number of nitrogens with zero attached hydrogens (tertiary/aromatic N) is 2. The topological polar surface area (TPSA) is 8.17 Å². The Morgan fingerprint density at radius 2 is 1.23 bits per heavy atom. The molecule has 2 aliphatic rings. The van der Waals surface area contributed by atoms with Crippen LogP contribution in [0.4, 0.5) is 11.4 Å². The molecule has 0 amide bonds. The lowest BCUT2D eigenvalue weighted by atomic mass is 9.79. The predicted molar refractivity (Wildman–Crippen MR) is 190 cm³/mol. The van der Waals surface area contributed by atoms with Crippen LogP contribution >= 0.6 is 0 Å². The second-order valence-corrected chi connectivity index (χ2v) is 16.0. The molecule has 0 bridgehead atoms. The van der Waals surface area contributed by atoms with Crippen molar-refractivity contribution >= 4 is 33.2 Å². The fourth-order valence-corrected chi connectivity index (χ4v) is 7.16. The Bertz CT molecular complexity index is 1980. The largest absolute Gasteiger partial charge is 0.333 e. The van der Waals surface area contributed by atoms with E-state index in [2.05, 4.69) is 175 Å². The van der Waals surface area contributed by atoms with E-state index in [9.17, 15) is 0 Å². The summed E-state index contributed by atoms with van der Waals surface area (Å²) in [6.07, 6.45) is 7.34. The maximum atomic E-state index is 2.61. The Balaban J connectivity index is 1.51. The van der Waals surface area contributed by atoms with Crippen molar-refractivity contribution in [2.24, 2.45) is 5.41 Å². The zero-order valence-corrected chi connectivity index (χ0v) is 27.9. The van der Waals surface area contributed by atoms with Crippen molar-refractivity contribution in [2.45, 2.75) is 85.1 Å². The molecular formula is C42H46N2. The molecule has 0 spiro atoms. The van der Waals surface area contributed by atoms with Gasteiger partial charge in [0.1, 0.15) is 0 Å². The highest BCUT2D eigenvalue weighted by Gasteiger charge is 2.39. The fourth-order valence-electron chi connectivity index (χ4n) is 7.16. The standard InChI is InChI=1S/C42H46N2/c1-40(2,3)27-18-20-34-32-14-10-12-16-36(32)43(38(34)24-27)30-22-29(42(7,8)9)23-31(26-30)44-37-17-13-11-15-33(37)35-21-19-28(25-39(35)44)41(4,5)6/h10-26,34,38H,1-9H3. The van der Waals surface area contributed by atoms with Crippen LogP contribution in [0.25, 0.3) is 27.5 Å². The van der Waals surface area contributed by atoms with Crippen LogP contribution in [0.5, 0.6) is 0 Å². The van der Waals surface area contributed by atoms with Gasteiger partial charge in [-0.15, -0.1) is 0 Å². The first-order valence-corrected chi connectivity index (χ1v) is 16.2. The number of rotatable bonds is 2. The molecule has 1 aliphatic heterocycles. The molecule has 0 radical (unpaired) electrons. The van der Waals surface area contributed by atoms with Gasteiger partial charge in [-0.1, -0.05) is 129 Å². The van der Waals surface area contributed by atoms with Crippen LogP contribution in [0, 0.1) is 5.41 Å². The number of para-hydroxylation sites is 2. The highest BCUT2D eigenvalue weighted by molar-refractivity contribution is 6.09. The molecule has 5 aromatic rings. The summed E-state index contributed by atoms with van der Waals surface area (Å²) in [5, 5.41) is 2.60. The smallest absolute Gasteiger partial charge is 0.0632 e. The highest BCUT2D eigenvalue weighted by Crippen LogP contribution is 2.50. The number of allylic oxidation sites excluding steroid dienone is 2. The van der Waals surface area contributed by atoms with E-state index in [-0.39, 0.29) is 22.3 Å². The molecule has 2 heterocycles. The van der Waals surface area contributed by atoms with E-state index < -0.39 is 0 Å².